The van der Waals surface area contributed by atoms with Crippen molar-refractivity contribution in [1.82, 2.24) is 0 Å². The van der Waals surface area contributed by atoms with Gasteiger partial charge in [-0.3, -0.25) is 0 Å². The molecular formula is C12H18O. The van der Waals surface area contributed by atoms with Crippen LogP contribution in [0.15, 0.2) is 36.8 Å². The Balaban J connectivity index is 0.000000396. The van der Waals surface area contributed by atoms with Crippen molar-refractivity contribution in [2.24, 2.45) is 0 Å². The molecule has 0 aromatic heterocycles. The molecule has 13 heavy (non-hydrogen) atoms. The van der Waals surface area contributed by atoms with Crippen LogP contribution in [0.3, 0.4) is 0 Å². The molecule has 0 radical (unpaired) electrons. The van der Waals surface area contributed by atoms with E-state index < -0.39 is 0 Å². The van der Waals surface area contributed by atoms with E-state index in [-0.39, 0.29) is 0 Å². The van der Waals surface area contributed by atoms with Crippen molar-refractivity contribution in [3.8, 4) is 0 Å². The van der Waals surface area contributed by atoms with Crippen LogP contribution >= 0.6 is 0 Å². The Morgan fingerprint density at radius 1 is 0.923 bits per heavy atom. The quantitative estimate of drug-likeness (QED) is 0.582. The first-order chi connectivity index (χ1) is 6.45. The molecule has 0 N–H and O–H groups in total. The van der Waals surface area contributed by atoms with E-state index >= 15 is 0 Å². The van der Waals surface area contributed by atoms with E-state index in [2.05, 4.69) is 25.3 Å². The van der Waals surface area contributed by atoms with Crippen LogP contribution in [-0.4, -0.2) is 0 Å². The van der Waals surface area contributed by atoms with Gasteiger partial charge in [-0.2, -0.15) is 0 Å². The van der Waals surface area contributed by atoms with Crippen LogP contribution in [0, 0.1) is 0 Å². The maximum atomic E-state index is 5.69. The number of allylic oxidation sites excluding steroid dienone is 4. The van der Waals surface area contributed by atoms with Gasteiger partial charge in [0.2, 0.25) is 0 Å². The molecule has 0 aromatic rings. The average Bonchev–Trinajstić information content (AvgIpc) is 2.81. The third-order valence-electron chi connectivity index (χ3n) is 2.26. The minimum Gasteiger partial charge on any atom is -0.467 e. The van der Waals surface area contributed by atoms with E-state index in [4.69, 9.17) is 4.74 Å². The zero-order valence-electron chi connectivity index (χ0n) is 8.22. The summed E-state index contributed by atoms with van der Waals surface area (Å²) in [5.41, 5.74) is 0. The summed E-state index contributed by atoms with van der Waals surface area (Å²) in [5.74, 6) is 2.41. The summed E-state index contributed by atoms with van der Waals surface area (Å²) in [5, 5.41) is 0. The van der Waals surface area contributed by atoms with Gasteiger partial charge in [-0.15, -0.1) is 13.2 Å². The number of hydrogen-bond donors (Lipinski definition) is 0. The first kappa shape index (κ1) is 10.1. The van der Waals surface area contributed by atoms with Gasteiger partial charge in [-0.25, -0.2) is 0 Å². The monoisotopic (exact) mass is 178 g/mol. The second-order valence-corrected chi connectivity index (χ2v) is 3.23. The second kappa shape index (κ2) is 5.63. The van der Waals surface area contributed by atoms with Crippen LogP contribution in [0.1, 0.15) is 38.5 Å². The molecule has 0 bridgehead atoms. The molecule has 72 valence electrons. The van der Waals surface area contributed by atoms with Gasteiger partial charge in [0.1, 0.15) is 0 Å². The van der Waals surface area contributed by atoms with Crippen LogP contribution in [0.4, 0.5) is 0 Å². The fraction of sp³-hybridized carbons (Fsp3) is 0.500. The molecule has 0 unspecified atom stereocenters. The van der Waals surface area contributed by atoms with Crippen LogP contribution in [-0.2, 0) is 4.74 Å². The van der Waals surface area contributed by atoms with Crippen LogP contribution < -0.4 is 0 Å². The first-order valence-electron chi connectivity index (χ1n) is 5.01. The molecule has 0 aliphatic heterocycles. The van der Waals surface area contributed by atoms with Gasteiger partial charge in [0.25, 0.3) is 0 Å². The highest BCUT2D eigenvalue weighted by Crippen LogP contribution is 2.26. The second-order valence-electron chi connectivity index (χ2n) is 3.23. The molecule has 0 aromatic carbocycles. The molecule has 0 atom stereocenters. The fourth-order valence-electron chi connectivity index (χ4n) is 1.64. The van der Waals surface area contributed by atoms with Gasteiger partial charge < -0.3 is 4.74 Å². The first-order valence-corrected chi connectivity index (χ1v) is 5.01. The molecule has 1 heteroatoms. The smallest absolute Gasteiger partial charge is 0.0996 e. The van der Waals surface area contributed by atoms with Crippen LogP contribution in [0.5, 0.6) is 0 Å². The minimum absolute atomic E-state index is 1.15. The Hall–Kier alpha value is -0.980. The molecule has 0 spiro atoms. The third-order valence-corrected chi connectivity index (χ3v) is 2.26. The van der Waals surface area contributed by atoms with Crippen molar-refractivity contribution < 1.29 is 4.74 Å². The zero-order valence-corrected chi connectivity index (χ0v) is 8.22. The molecule has 0 fully saturated rings. The molecule has 0 saturated carbocycles. The SMILES string of the molecule is C1=C(OC2=CCCC2)CCC1.C=C. The summed E-state index contributed by atoms with van der Waals surface area (Å²) in [6.45, 7) is 6.00. The van der Waals surface area contributed by atoms with Crippen molar-refractivity contribution in [2.45, 2.75) is 38.5 Å². The average molecular weight is 178 g/mol. The van der Waals surface area contributed by atoms with Crippen LogP contribution in [0.25, 0.3) is 0 Å². The zero-order chi connectivity index (χ0) is 9.52. The summed E-state index contributed by atoms with van der Waals surface area (Å²) < 4.78 is 5.69. The van der Waals surface area contributed by atoms with Crippen molar-refractivity contribution in [1.29, 1.82) is 0 Å². The lowest BCUT2D eigenvalue weighted by atomic mass is 10.3. The molecule has 0 amide bonds. The van der Waals surface area contributed by atoms with E-state index in [9.17, 15) is 0 Å². The predicted octanol–water partition coefficient (Wildman–Crippen LogP) is 3.94. The highest BCUT2D eigenvalue weighted by Gasteiger charge is 2.10. The van der Waals surface area contributed by atoms with E-state index in [0.717, 1.165) is 12.8 Å². The Labute approximate surface area is 80.8 Å². The summed E-state index contributed by atoms with van der Waals surface area (Å²) in [4.78, 5) is 0. The number of rotatable bonds is 2. The summed E-state index contributed by atoms with van der Waals surface area (Å²) >= 11 is 0. The van der Waals surface area contributed by atoms with Crippen molar-refractivity contribution in [3.05, 3.63) is 36.8 Å². The molecule has 0 saturated heterocycles. The van der Waals surface area contributed by atoms with E-state index in [1.54, 1.807) is 0 Å². The summed E-state index contributed by atoms with van der Waals surface area (Å²) in [6.07, 6.45) is 11.7. The fourth-order valence-corrected chi connectivity index (χ4v) is 1.64. The predicted molar refractivity (Wildman–Crippen MR) is 56.2 cm³/mol. The molecule has 2 aliphatic rings. The van der Waals surface area contributed by atoms with Gasteiger partial charge in [-0.1, -0.05) is 0 Å². The van der Waals surface area contributed by atoms with Crippen molar-refractivity contribution in [3.63, 3.8) is 0 Å². The highest BCUT2D eigenvalue weighted by molar-refractivity contribution is 5.08. The van der Waals surface area contributed by atoms with E-state index in [1.165, 1.54) is 37.2 Å². The van der Waals surface area contributed by atoms with Crippen LogP contribution in [0.2, 0.25) is 0 Å². The third kappa shape index (κ3) is 3.10. The molecular weight excluding hydrogens is 160 g/mol. The van der Waals surface area contributed by atoms with E-state index in [0.29, 0.717) is 0 Å². The lowest BCUT2D eigenvalue weighted by Crippen LogP contribution is -1.87. The van der Waals surface area contributed by atoms with Gasteiger partial charge in [0.05, 0.1) is 11.5 Å². The number of ether oxygens (including phenoxy) is 1. The maximum Gasteiger partial charge on any atom is 0.0996 e. The van der Waals surface area contributed by atoms with E-state index in [1.807, 2.05) is 0 Å². The highest BCUT2D eigenvalue weighted by atomic mass is 16.5. The Morgan fingerprint density at radius 3 is 1.69 bits per heavy atom. The number of hydrogen-bond acceptors (Lipinski definition) is 1. The lowest BCUT2D eigenvalue weighted by molar-refractivity contribution is 0.287. The summed E-state index contributed by atoms with van der Waals surface area (Å²) in [6, 6.07) is 0. The van der Waals surface area contributed by atoms with Gasteiger partial charge >= 0.3 is 0 Å². The van der Waals surface area contributed by atoms with Crippen molar-refractivity contribution in [2.75, 3.05) is 0 Å². The molecule has 2 aliphatic carbocycles. The minimum atomic E-state index is 1.15. The molecule has 0 heterocycles. The van der Waals surface area contributed by atoms with Gasteiger partial charge in [0, 0.05) is 12.8 Å². The van der Waals surface area contributed by atoms with Gasteiger partial charge in [-0.05, 0) is 37.8 Å². The Morgan fingerprint density at radius 2 is 1.38 bits per heavy atom. The molecule has 1 nitrogen and oxygen atoms in total. The maximum absolute atomic E-state index is 5.69. The van der Waals surface area contributed by atoms with Gasteiger partial charge in [0.15, 0.2) is 0 Å². The largest absolute Gasteiger partial charge is 0.467 e. The lowest BCUT2D eigenvalue weighted by Gasteiger charge is -2.05. The standard InChI is InChI=1S/C10H14O.C2H4/c1-2-6-9(5-1)11-10-7-3-4-8-10;1-2/h5,7H,1-4,6,8H2;1-2H2. The Bertz CT molecular complexity index is 191. The normalized spacial score (nSPS) is 20.0. The molecule has 2 rings (SSSR count). The van der Waals surface area contributed by atoms with Crippen molar-refractivity contribution >= 4 is 0 Å². The summed E-state index contributed by atoms with van der Waals surface area (Å²) in [7, 11) is 0. The Kier molecular flexibility index (Phi) is 4.37. The topological polar surface area (TPSA) is 9.23 Å².